The highest BCUT2D eigenvalue weighted by atomic mass is 16.5. The van der Waals surface area contributed by atoms with Crippen molar-refractivity contribution in [1.82, 2.24) is 4.90 Å². The zero-order chi connectivity index (χ0) is 15.7. The second-order valence-electron chi connectivity index (χ2n) is 4.75. The van der Waals surface area contributed by atoms with E-state index in [1.54, 1.807) is 19.2 Å². The van der Waals surface area contributed by atoms with Crippen molar-refractivity contribution in [3.8, 4) is 11.8 Å². The van der Waals surface area contributed by atoms with Crippen molar-refractivity contribution in [3.63, 3.8) is 0 Å². The Bertz CT molecular complexity index is 516. The van der Waals surface area contributed by atoms with Crippen LogP contribution in [-0.2, 0) is 4.74 Å². The normalized spacial score (nSPS) is 11.4. The highest BCUT2D eigenvalue weighted by Crippen LogP contribution is 2.14. The third-order valence-electron chi connectivity index (χ3n) is 3.38. The molecule has 1 aromatic rings. The van der Waals surface area contributed by atoms with Crippen molar-refractivity contribution in [2.24, 2.45) is 0 Å². The number of methoxy groups -OCH3 is 1. The Morgan fingerprint density at radius 1 is 1.43 bits per heavy atom. The summed E-state index contributed by atoms with van der Waals surface area (Å²) in [6.07, 6.45) is 0.875. The predicted molar refractivity (Wildman–Crippen MR) is 83.1 cm³/mol. The van der Waals surface area contributed by atoms with Crippen LogP contribution in [0.4, 0.5) is 0 Å². The van der Waals surface area contributed by atoms with E-state index in [9.17, 15) is 4.79 Å². The van der Waals surface area contributed by atoms with E-state index in [1.165, 1.54) is 0 Å². The fourth-order valence-corrected chi connectivity index (χ4v) is 2.00. The summed E-state index contributed by atoms with van der Waals surface area (Å²) in [6.45, 7) is 4.90. The van der Waals surface area contributed by atoms with Crippen molar-refractivity contribution in [1.29, 1.82) is 0 Å². The Morgan fingerprint density at radius 2 is 2.14 bits per heavy atom. The second kappa shape index (κ2) is 9.17. The monoisotopic (exact) mass is 289 g/mol. The third-order valence-corrected chi connectivity index (χ3v) is 3.38. The molecule has 0 aliphatic rings. The molecule has 1 atom stereocenters. The molecule has 0 aliphatic heterocycles. The van der Waals surface area contributed by atoms with Crippen LogP contribution in [0.15, 0.2) is 24.3 Å². The standard InChI is InChI=1S/C17H23NO3/c1-4-14(2)18(11-13-21-3)17(20)16-10-6-5-8-15(16)9-7-12-19/h5-6,8,10,14,19H,4,11-13H2,1-3H3. The molecule has 0 bridgehead atoms. The number of carbonyl (C=O) groups excluding carboxylic acids is 1. The second-order valence-corrected chi connectivity index (χ2v) is 4.75. The topological polar surface area (TPSA) is 49.8 Å². The largest absolute Gasteiger partial charge is 0.384 e. The zero-order valence-electron chi connectivity index (χ0n) is 12.9. The SMILES string of the molecule is CCC(C)N(CCOC)C(=O)c1ccccc1C#CCO. The molecule has 4 heteroatoms. The number of rotatable bonds is 6. The lowest BCUT2D eigenvalue weighted by atomic mass is 10.1. The van der Waals surface area contributed by atoms with Gasteiger partial charge in [-0.15, -0.1) is 0 Å². The first kappa shape index (κ1) is 17.2. The summed E-state index contributed by atoms with van der Waals surface area (Å²) in [5.74, 6) is 5.38. The van der Waals surface area contributed by atoms with Crippen molar-refractivity contribution >= 4 is 5.91 Å². The van der Waals surface area contributed by atoms with Crippen LogP contribution in [-0.4, -0.2) is 48.8 Å². The summed E-state index contributed by atoms with van der Waals surface area (Å²) in [5.41, 5.74) is 1.21. The molecule has 1 rings (SSSR count). The number of hydrogen-bond acceptors (Lipinski definition) is 3. The number of aliphatic hydroxyl groups excluding tert-OH is 1. The van der Waals surface area contributed by atoms with Gasteiger partial charge in [-0.1, -0.05) is 30.9 Å². The Labute approximate surface area is 126 Å². The van der Waals surface area contributed by atoms with Gasteiger partial charge in [0.05, 0.1) is 12.2 Å². The molecular formula is C17H23NO3. The first-order valence-corrected chi connectivity index (χ1v) is 7.14. The minimum atomic E-state index is -0.221. The van der Waals surface area contributed by atoms with Gasteiger partial charge < -0.3 is 14.7 Å². The lowest BCUT2D eigenvalue weighted by Crippen LogP contribution is -2.40. The molecule has 0 aromatic heterocycles. The molecule has 1 unspecified atom stereocenters. The number of hydrogen-bond donors (Lipinski definition) is 1. The number of benzene rings is 1. The van der Waals surface area contributed by atoms with Crippen LogP contribution in [0, 0.1) is 11.8 Å². The van der Waals surface area contributed by atoms with Gasteiger partial charge in [0, 0.05) is 25.3 Å². The number of carbonyl (C=O) groups is 1. The lowest BCUT2D eigenvalue weighted by molar-refractivity contribution is 0.0613. The fraction of sp³-hybridized carbons (Fsp3) is 0.471. The van der Waals surface area contributed by atoms with Gasteiger partial charge in [0.25, 0.3) is 5.91 Å². The average molecular weight is 289 g/mol. The molecule has 21 heavy (non-hydrogen) atoms. The molecule has 1 N–H and O–H groups in total. The van der Waals surface area contributed by atoms with Gasteiger partial charge >= 0.3 is 0 Å². The molecule has 1 aromatic carbocycles. The van der Waals surface area contributed by atoms with Crippen LogP contribution in [0.3, 0.4) is 0 Å². The summed E-state index contributed by atoms with van der Waals surface area (Å²) in [7, 11) is 1.62. The van der Waals surface area contributed by atoms with Crippen LogP contribution in [0.1, 0.15) is 36.2 Å². The Morgan fingerprint density at radius 3 is 2.76 bits per heavy atom. The molecule has 0 radical (unpaired) electrons. The number of amides is 1. The van der Waals surface area contributed by atoms with Gasteiger partial charge in [-0.25, -0.2) is 0 Å². The summed E-state index contributed by atoms with van der Waals surface area (Å²) in [6, 6.07) is 7.35. The van der Waals surface area contributed by atoms with Crippen LogP contribution in [0.2, 0.25) is 0 Å². The molecular weight excluding hydrogens is 266 g/mol. The summed E-state index contributed by atoms with van der Waals surface area (Å²) in [5, 5.41) is 8.82. The summed E-state index contributed by atoms with van der Waals surface area (Å²) in [4.78, 5) is 14.6. The maximum absolute atomic E-state index is 12.8. The van der Waals surface area contributed by atoms with E-state index in [0.717, 1.165) is 6.42 Å². The van der Waals surface area contributed by atoms with Crippen molar-refractivity contribution in [2.45, 2.75) is 26.3 Å². The quantitative estimate of drug-likeness (QED) is 0.814. The number of ether oxygens (including phenoxy) is 1. The zero-order valence-corrected chi connectivity index (χ0v) is 12.9. The van der Waals surface area contributed by atoms with Gasteiger partial charge in [-0.2, -0.15) is 0 Å². The molecule has 114 valence electrons. The van der Waals surface area contributed by atoms with E-state index in [1.807, 2.05) is 24.0 Å². The molecule has 0 spiro atoms. The summed E-state index contributed by atoms with van der Waals surface area (Å²) >= 11 is 0. The minimum Gasteiger partial charge on any atom is -0.384 e. The number of nitrogens with zero attached hydrogens (tertiary/aromatic N) is 1. The van der Waals surface area contributed by atoms with E-state index in [4.69, 9.17) is 9.84 Å². The molecule has 0 heterocycles. The van der Waals surface area contributed by atoms with Gasteiger partial charge in [0.2, 0.25) is 0 Å². The highest BCUT2D eigenvalue weighted by Gasteiger charge is 2.21. The smallest absolute Gasteiger partial charge is 0.255 e. The van der Waals surface area contributed by atoms with Gasteiger partial charge in [-0.3, -0.25) is 4.79 Å². The molecule has 0 aliphatic carbocycles. The Balaban J connectivity index is 3.08. The van der Waals surface area contributed by atoms with Crippen LogP contribution < -0.4 is 0 Å². The van der Waals surface area contributed by atoms with E-state index >= 15 is 0 Å². The van der Waals surface area contributed by atoms with E-state index in [2.05, 4.69) is 18.8 Å². The molecule has 1 amide bonds. The maximum Gasteiger partial charge on any atom is 0.255 e. The Kier molecular flexibility index (Phi) is 7.52. The van der Waals surface area contributed by atoms with Crippen LogP contribution in [0.25, 0.3) is 0 Å². The lowest BCUT2D eigenvalue weighted by Gasteiger charge is -2.28. The molecule has 0 fully saturated rings. The molecule has 0 saturated carbocycles. The van der Waals surface area contributed by atoms with Crippen LogP contribution >= 0.6 is 0 Å². The van der Waals surface area contributed by atoms with Crippen molar-refractivity contribution in [3.05, 3.63) is 35.4 Å². The highest BCUT2D eigenvalue weighted by molar-refractivity contribution is 5.97. The van der Waals surface area contributed by atoms with Crippen molar-refractivity contribution in [2.75, 3.05) is 26.9 Å². The maximum atomic E-state index is 12.8. The van der Waals surface area contributed by atoms with Crippen molar-refractivity contribution < 1.29 is 14.6 Å². The average Bonchev–Trinajstić information content (AvgIpc) is 2.52. The first-order chi connectivity index (χ1) is 10.2. The van der Waals surface area contributed by atoms with Gasteiger partial charge in [0.1, 0.15) is 6.61 Å². The van der Waals surface area contributed by atoms with Gasteiger partial charge in [0.15, 0.2) is 0 Å². The number of aliphatic hydroxyl groups is 1. The first-order valence-electron chi connectivity index (χ1n) is 7.14. The van der Waals surface area contributed by atoms with Gasteiger partial charge in [-0.05, 0) is 25.5 Å². The third kappa shape index (κ3) is 4.89. The minimum absolute atomic E-state index is 0.0516. The summed E-state index contributed by atoms with van der Waals surface area (Å²) < 4.78 is 5.09. The van der Waals surface area contributed by atoms with E-state index in [0.29, 0.717) is 24.3 Å². The fourth-order valence-electron chi connectivity index (χ4n) is 2.00. The molecule has 4 nitrogen and oxygen atoms in total. The molecule has 0 saturated heterocycles. The van der Waals surface area contributed by atoms with Crippen LogP contribution in [0.5, 0.6) is 0 Å². The Hall–Kier alpha value is -1.83. The van der Waals surface area contributed by atoms with E-state index < -0.39 is 0 Å². The van der Waals surface area contributed by atoms with E-state index in [-0.39, 0.29) is 18.6 Å². The predicted octanol–water partition coefficient (Wildman–Crippen LogP) is 1.92.